The molecule has 0 atom stereocenters. The first kappa shape index (κ1) is 20.4. The Labute approximate surface area is 187 Å². The van der Waals surface area contributed by atoms with Crippen LogP contribution in [0.15, 0.2) is 71.5 Å². The zero-order valence-corrected chi connectivity index (χ0v) is 18.1. The highest BCUT2D eigenvalue weighted by Crippen LogP contribution is 2.32. The lowest BCUT2D eigenvalue weighted by Gasteiger charge is -2.11. The number of hydrogen-bond donors (Lipinski definition) is 1. The molecule has 0 saturated heterocycles. The Kier molecular flexibility index (Phi) is 5.87. The van der Waals surface area contributed by atoms with Gasteiger partial charge in [0.2, 0.25) is 0 Å². The topological polar surface area (TPSA) is 88.6 Å². The minimum Gasteiger partial charge on any atom is -0.462 e. The van der Waals surface area contributed by atoms with E-state index < -0.39 is 5.97 Å². The molecule has 0 aliphatic rings. The standard InChI is InChI=1S/C23H17BrN4O3/c1-2-30-23(29)19-12-20-21(15(13-25)14-26-28(20)22(19)24)27-16-8-10-18(11-9-16)31-17-6-4-3-5-7-17/h3-12,14,27H,2H2,1H3. The second kappa shape index (κ2) is 8.90. The number of anilines is 2. The molecule has 1 N–H and O–H groups in total. The van der Waals surface area contributed by atoms with Gasteiger partial charge in [-0.3, -0.25) is 0 Å². The van der Waals surface area contributed by atoms with Gasteiger partial charge in [0.1, 0.15) is 22.2 Å². The van der Waals surface area contributed by atoms with Gasteiger partial charge in [-0.2, -0.15) is 10.4 Å². The molecule has 31 heavy (non-hydrogen) atoms. The maximum Gasteiger partial charge on any atom is 0.340 e. The Morgan fingerprint density at radius 1 is 1.16 bits per heavy atom. The fraction of sp³-hybridized carbons (Fsp3) is 0.0870. The molecular weight excluding hydrogens is 460 g/mol. The Bertz CT molecular complexity index is 1280. The van der Waals surface area contributed by atoms with E-state index in [1.54, 1.807) is 17.5 Å². The van der Waals surface area contributed by atoms with Crippen molar-refractivity contribution in [3.63, 3.8) is 0 Å². The van der Waals surface area contributed by atoms with Gasteiger partial charge in [0.05, 0.1) is 35.1 Å². The predicted octanol–water partition coefficient (Wildman–Crippen LogP) is 5.68. The number of nitrogens with zero attached hydrogens (tertiary/aromatic N) is 3. The van der Waals surface area contributed by atoms with Gasteiger partial charge in [-0.25, -0.2) is 9.31 Å². The molecule has 0 saturated carbocycles. The van der Waals surface area contributed by atoms with Crippen LogP contribution < -0.4 is 10.1 Å². The van der Waals surface area contributed by atoms with Crippen molar-refractivity contribution in [2.75, 3.05) is 11.9 Å². The first-order valence-electron chi connectivity index (χ1n) is 9.48. The minimum absolute atomic E-state index is 0.261. The van der Waals surface area contributed by atoms with Crippen molar-refractivity contribution in [1.82, 2.24) is 9.61 Å². The number of hydrogen-bond acceptors (Lipinski definition) is 6. The molecule has 8 heteroatoms. The molecule has 0 fully saturated rings. The van der Waals surface area contributed by atoms with Gasteiger partial charge in [-0.05, 0) is 65.3 Å². The summed E-state index contributed by atoms with van der Waals surface area (Å²) in [6.07, 6.45) is 1.45. The molecule has 0 aliphatic heterocycles. The van der Waals surface area contributed by atoms with Crippen LogP contribution in [0, 0.1) is 11.3 Å². The van der Waals surface area contributed by atoms with Crippen molar-refractivity contribution in [2.24, 2.45) is 0 Å². The average Bonchev–Trinajstić information content (AvgIpc) is 3.13. The van der Waals surface area contributed by atoms with Gasteiger partial charge in [0, 0.05) is 5.69 Å². The molecule has 4 rings (SSSR count). The number of nitriles is 1. The summed E-state index contributed by atoms with van der Waals surface area (Å²) >= 11 is 3.40. The fourth-order valence-corrected chi connectivity index (χ4v) is 3.59. The van der Waals surface area contributed by atoms with E-state index in [0.29, 0.717) is 32.7 Å². The molecule has 0 unspecified atom stereocenters. The monoisotopic (exact) mass is 476 g/mol. The highest BCUT2D eigenvalue weighted by Gasteiger charge is 2.20. The number of rotatable bonds is 6. The van der Waals surface area contributed by atoms with E-state index in [4.69, 9.17) is 9.47 Å². The fourth-order valence-electron chi connectivity index (χ4n) is 3.03. The lowest BCUT2D eigenvalue weighted by atomic mass is 10.2. The number of fused-ring (bicyclic) bond motifs is 1. The summed E-state index contributed by atoms with van der Waals surface area (Å²) in [6.45, 7) is 2.00. The molecule has 0 amide bonds. The number of carbonyl (C=O) groups excluding carboxylic acids is 1. The van der Waals surface area contributed by atoms with Gasteiger partial charge in [0.15, 0.2) is 0 Å². The first-order chi connectivity index (χ1) is 15.1. The number of carbonyl (C=O) groups is 1. The summed E-state index contributed by atoms with van der Waals surface area (Å²) in [5.41, 5.74) is 2.53. The van der Waals surface area contributed by atoms with E-state index in [2.05, 4.69) is 32.4 Å². The summed E-state index contributed by atoms with van der Waals surface area (Å²) in [7, 11) is 0. The molecule has 154 valence electrons. The summed E-state index contributed by atoms with van der Waals surface area (Å²) < 4.78 is 12.9. The van der Waals surface area contributed by atoms with Crippen LogP contribution in [0.1, 0.15) is 22.8 Å². The van der Waals surface area contributed by atoms with Crippen molar-refractivity contribution in [2.45, 2.75) is 6.92 Å². The van der Waals surface area contributed by atoms with E-state index in [9.17, 15) is 10.1 Å². The van der Waals surface area contributed by atoms with Crippen LogP contribution in [0.5, 0.6) is 11.5 Å². The van der Waals surface area contributed by atoms with Crippen LogP contribution >= 0.6 is 15.9 Å². The number of para-hydroxylation sites is 1. The van der Waals surface area contributed by atoms with Crippen LogP contribution in [-0.4, -0.2) is 22.2 Å². The Morgan fingerprint density at radius 2 is 1.87 bits per heavy atom. The van der Waals surface area contributed by atoms with Crippen molar-refractivity contribution in [3.05, 3.63) is 82.6 Å². The van der Waals surface area contributed by atoms with E-state index in [-0.39, 0.29) is 6.61 Å². The summed E-state index contributed by atoms with van der Waals surface area (Å²) in [4.78, 5) is 12.3. The number of benzene rings is 2. The number of aromatic nitrogens is 2. The third-order valence-electron chi connectivity index (χ3n) is 4.46. The third-order valence-corrected chi connectivity index (χ3v) is 5.23. The van der Waals surface area contributed by atoms with Crippen LogP contribution in [0.25, 0.3) is 5.52 Å². The lowest BCUT2D eigenvalue weighted by molar-refractivity contribution is 0.0525. The number of esters is 1. The smallest absolute Gasteiger partial charge is 0.340 e. The maximum atomic E-state index is 12.3. The molecule has 7 nitrogen and oxygen atoms in total. The van der Waals surface area contributed by atoms with Gasteiger partial charge in [-0.15, -0.1) is 0 Å². The number of ether oxygens (including phenoxy) is 2. The molecular formula is C23H17BrN4O3. The predicted molar refractivity (Wildman–Crippen MR) is 120 cm³/mol. The third kappa shape index (κ3) is 4.22. The second-order valence-corrected chi connectivity index (χ2v) is 7.23. The molecule has 0 bridgehead atoms. The quantitative estimate of drug-likeness (QED) is 0.360. The van der Waals surface area contributed by atoms with E-state index in [1.807, 2.05) is 54.6 Å². The summed E-state index contributed by atoms with van der Waals surface area (Å²) in [5, 5.41) is 17.1. The van der Waals surface area contributed by atoms with E-state index in [1.165, 1.54) is 6.20 Å². The first-order valence-corrected chi connectivity index (χ1v) is 10.3. The molecule has 0 aliphatic carbocycles. The second-order valence-electron chi connectivity index (χ2n) is 6.48. The average molecular weight is 477 g/mol. The minimum atomic E-state index is -0.466. The van der Waals surface area contributed by atoms with Gasteiger partial charge in [0.25, 0.3) is 0 Å². The Balaban J connectivity index is 1.66. The lowest BCUT2D eigenvalue weighted by Crippen LogP contribution is -2.04. The number of halogens is 1. The Morgan fingerprint density at radius 3 is 2.55 bits per heavy atom. The van der Waals surface area contributed by atoms with Gasteiger partial charge in [-0.1, -0.05) is 18.2 Å². The molecule has 0 spiro atoms. The van der Waals surface area contributed by atoms with Crippen molar-refractivity contribution in [3.8, 4) is 17.6 Å². The van der Waals surface area contributed by atoms with Gasteiger partial charge >= 0.3 is 5.97 Å². The normalized spacial score (nSPS) is 10.5. The van der Waals surface area contributed by atoms with Crippen molar-refractivity contribution in [1.29, 1.82) is 5.26 Å². The van der Waals surface area contributed by atoms with Crippen LogP contribution in [0.4, 0.5) is 11.4 Å². The van der Waals surface area contributed by atoms with Crippen LogP contribution in [-0.2, 0) is 4.74 Å². The highest BCUT2D eigenvalue weighted by atomic mass is 79.9. The molecule has 2 aromatic heterocycles. The van der Waals surface area contributed by atoms with Gasteiger partial charge < -0.3 is 14.8 Å². The molecule has 4 aromatic rings. The molecule has 2 heterocycles. The van der Waals surface area contributed by atoms with Crippen LogP contribution in [0.3, 0.4) is 0 Å². The largest absolute Gasteiger partial charge is 0.462 e. The maximum absolute atomic E-state index is 12.3. The SMILES string of the molecule is CCOC(=O)c1cc2c(Nc3ccc(Oc4ccccc4)cc3)c(C#N)cnn2c1Br. The zero-order chi connectivity index (χ0) is 21.8. The van der Waals surface area contributed by atoms with E-state index >= 15 is 0 Å². The van der Waals surface area contributed by atoms with Crippen molar-refractivity contribution < 1.29 is 14.3 Å². The summed E-state index contributed by atoms with van der Waals surface area (Å²) in [5.74, 6) is 0.967. The highest BCUT2D eigenvalue weighted by molar-refractivity contribution is 9.10. The summed E-state index contributed by atoms with van der Waals surface area (Å²) in [6, 6.07) is 20.6. The van der Waals surface area contributed by atoms with E-state index in [0.717, 1.165) is 11.4 Å². The molecule has 2 aromatic carbocycles. The molecule has 0 radical (unpaired) electrons. The van der Waals surface area contributed by atoms with Crippen molar-refractivity contribution >= 4 is 38.8 Å². The number of nitrogens with one attached hydrogen (secondary N) is 1. The zero-order valence-electron chi connectivity index (χ0n) is 16.5. The Hall–Kier alpha value is -3.83. The van der Waals surface area contributed by atoms with Crippen LogP contribution in [0.2, 0.25) is 0 Å².